The molecule has 0 saturated carbocycles. The molecule has 16 heavy (non-hydrogen) atoms. The summed E-state index contributed by atoms with van der Waals surface area (Å²) < 4.78 is 0. The smallest absolute Gasteiger partial charge is 0.139 e. The zero-order chi connectivity index (χ0) is 11.5. The molecule has 0 aliphatic heterocycles. The second kappa shape index (κ2) is 4.66. The molecule has 0 atom stereocenters. The third-order valence-electron chi connectivity index (χ3n) is 2.64. The van der Waals surface area contributed by atoms with Gasteiger partial charge in [0.15, 0.2) is 0 Å². The van der Waals surface area contributed by atoms with Gasteiger partial charge in [-0.15, -0.1) is 0 Å². The van der Waals surface area contributed by atoms with Crippen LogP contribution in [0.1, 0.15) is 13.8 Å². The van der Waals surface area contributed by atoms with Crippen LogP contribution in [0.25, 0.3) is 10.9 Å². The third-order valence-corrected chi connectivity index (χ3v) is 2.88. The van der Waals surface area contributed by atoms with Crippen LogP contribution in [0, 0.1) is 0 Å². The maximum atomic E-state index is 5.94. The summed E-state index contributed by atoms with van der Waals surface area (Å²) >= 11 is 5.94. The van der Waals surface area contributed by atoms with Crippen molar-refractivity contribution in [2.45, 2.75) is 13.8 Å². The molecule has 0 N–H and O–H groups in total. The molecule has 0 radical (unpaired) electrons. The van der Waals surface area contributed by atoms with Crippen molar-refractivity contribution in [3.63, 3.8) is 0 Å². The molecule has 2 aromatic rings. The van der Waals surface area contributed by atoms with Gasteiger partial charge in [-0.25, -0.2) is 9.97 Å². The van der Waals surface area contributed by atoms with Crippen LogP contribution in [-0.4, -0.2) is 23.1 Å². The lowest BCUT2D eigenvalue weighted by Crippen LogP contribution is -2.23. The molecule has 0 saturated heterocycles. The predicted octanol–water partition coefficient (Wildman–Crippen LogP) is 3.13. The van der Waals surface area contributed by atoms with E-state index < -0.39 is 0 Å². The minimum atomic E-state index is 0.705. The van der Waals surface area contributed by atoms with Crippen LogP contribution < -0.4 is 4.90 Å². The van der Waals surface area contributed by atoms with E-state index in [0.29, 0.717) is 5.02 Å². The standard InChI is InChI=1S/C12H14ClN3/c1-3-16(4-2)12-10-6-5-9(13)7-11(10)14-8-15-12/h5-8H,3-4H2,1-2H3. The number of anilines is 1. The summed E-state index contributed by atoms with van der Waals surface area (Å²) in [7, 11) is 0. The van der Waals surface area contributed by atoms with E-state index in [-0.39, 0.29) is 0 Å². The first-order valence-electron chi connectivity index (χ1n) is 5.41. The molecule has 0 amide bonds. The molecule has 84 valence electrons. The molecule has 0 aliphatic rings. The zero-order valence-electron chi connectivity index (χ0n) is 9.44. The minimum Gasteiger partial charge on any atom is -0.357 e. The lowest BCUT2D eigenvalue weighted by Gasteiger charge is -2.20. The van der Waals surface area contributed by atoms with Crippen molar-refractivity contribution in [2.75, 3.05) is 18.0 Å². The van der Waals surface area contributed by atoms with E-state index in [1.54, 1.807) is 6.33 Å². The second-order valence-electron chi connectivity index (χ2n) is 3.53. The molecule has 0 aliphatic carbocycles. The largest absolute Gasteiger partial charge is 0.357 e. The quantitative estimate of drug-likeness (QED) is 0.819. The number of hydrogen-bond donors (Lipinski definition) is 0. The van der Waals surface area contributed by atoms with Crippen molar-refractivity contribution in [3.05, 3.63) is 29.5 Å². The Kier molecular flexibility index (Phi) is 3.25. The van der Waals surface area contributed by atoms with Crippen molar-refractivity contribution < 1.29 is 0 Å². The number of aromatic nitrogens is 2. The summed E-state index contributed by atoms with van der Waals surface area (Å²) in [4.78, 5) is 10.8. The fraction of sp³-hybridized carbons (Fsp3) is 0.333. The van der Waals surface area contributed by atoms with Crippen LogP contribution in [0.2, 0.25) is 5.02 Å². The second-order valence-corrected chi connectivity index (χ2v) is 3.97. The summed E-state index contributed by atoms with van der Waals surface area (Å²) in [6, 6.07) is 5.72. The summed E-state index contributed by atoms with van der Waals surface area (Å²) in [5, 5.41) is 1.76. The average molecular weight is 236 g/mol. The highest BCUT2D eigenvalue weighted by atomic mass is 35.5. The Hall–Kier alpha value is -1.35. The molecule has 0 unspecified atom stereocenters. The van der Waals surface area contributed by atoms with E-state index in [0.717, 1.165) is 29.8 Å². The molecular formula is C12H14ClN3. The fourth-order valence-electron chi connectivity index (χ4n) is 1.79. The van der Waals surface area contributed by atoms with E-state index in [2.05, 4.69) is 28.7 Å². The van der Waals surface area contributed by atoms with E-state index in [1.165, 1.54) is 0 Å². The molecule has 0 fully saturated rings. The molecule has 3 nitrogen and oxygen atoms in total. The number of rotatable bonds is 3. The maximum Gasteiger partial charge on any atom is 0.139 e. The molecular weight excluding hydrogens is 222 g/mol. The van der Waals surface area contributed by atoms with Crippen molar-refractivity contribution in [1.82, 2.24) is 9.97 Å². The zero-order valence-corrected chi connectivity index (χ0v) is 10.2. The van der Waals surface area contributed by atoms with Crippen LogP contribution in [0.4, 0.5) is 5.82 Å². The molecule has 1 aromatic heterocycles. The molecule has 0 spiro atoms. The van der Waals surface area contributed by atoms with Crippen molar-refractivity contribution in [3.8, 4) is 0 Å². The van der Waals surface area contributed by atoms with Crippen molar-refractivity contribution in [2.24, 2.45) is 0 Å². The average Bonchev–Trinajstić information content (AvgIpc) is 2.30. The van der Waals surface area contributed by atoms with E-state index in [4.69, 9.17) is 11.6 Å². The van der Waals surface area contributed by atoms with E-state index in [1.807, 2.05) is 18.2 Å². The van der Waals surface area contributed by atoms with Crippen molar-refractivity contribution >= 4 is 28.3 Å². The van der Waals surface area contributed by atoms with Crippen LogP contribution >= 0.6 is 11.6 Å². The number of nitrogens with zero attached hydrogens (tertiary/aromatic N) is 3. The van der Waals surface area contributed by atoms with Gasteiger partial charge in [0.05, 0.1) is 5.52 Å². The maximum absolute atomic E-state index is 5.94. The SMILES string of the molecule is CCN(CC)c1ncnc2cc(Cl)ccc12. The van der Waals surface area contributed by atoms with Gasteiger partial charge in [0.25, 0.3) is 0 Å². The van der Waals surface area contributed by atoms with Crippen LogP contribution in [-0.2, 0) is 0 Å². The number of fused-ring (bicyclic) bond motifs is 1. The molecule has 2 rings (SSSR count). The van der Waals surface area contributed by atoms with Gasteiger partial charge < -0.3 is 4.90 Å². The highest BCUT2D eigenvalue weighted by Gasteiger charge is 2.08. The van der Waals surface area contributed by atoms with Gasteiger partial charge in [0, 0.05) is 23.5 Å². The van der Waals surface area contributed by atoms with Crippen LogP contribution in [0.3, 0.4) is 0 Å². The number of benzene rings is 1. The monoisotopic (exact) mass is 235 g/mol. The first-order valence-corrected chi connectivity index (χ1v) is 5.79. The molecule has 4 heteroatoms. The minimum absolute atomic E-state index is 0.705. The molecule has 0 bridgehead atoms. The van der Waals surface area contributed by atoms with Crippen LogP contribution in [0.15, 0.2) is 24.5 Å². The topological polar surface area (TPSA) is 29.0 Å². The van der Waals surface area contributed by atoms with Gasteiger partial charge in [-0.05, 0) is 32.0 Å². The summed E-state index contributed by atoms with van der Waals surface area (Å²) in [6.45, 7) is 6.11. The Morgan fingerprint density at radius 2 is 1.94 bits per heavy atom. The van der Waals surface area contributed by atoms with Gasteiger partial charge in [0.1, 0.15) is 12.1 Å². The van der Waals surface area contributed by atoms with Gasteiger partial charge in [0.2, 0.25) is 0 Å². The Bertz CT molecular complexity index is 495. The summed E-state index contributed by atoms with van der Waals surface area (Å²) in [6.07, 6.45) is 1.59. The first kappa shape index (κ1) is 11.1. The van der Waals surface area contributed by atoms with Gasteiger partial charge in [-0.1, -0.05) is 11.6 Å². The first-order chi connectivity index (χ1) is 7.76. The summed E-state index contributed by atoms with van der Waals surface area (Å²) in [5.41, 5.74) is 0.893. The fourth-order valence-corrected chi connectivity index (χ4v) is 1.96. The van der Waals surface area contributed by atoms with Crippen molar-refractivity contribution in [1.29, 1.82) is 0 Å². The van der Waals surface area contributed by atoms with E-state index in [9.17, 15) is 0 Å². The Labute approximate surface area is 100 Å². The highest BCUT2D eigenvalue weighted by Crippen LogP contribution is 2.24. The highest BCUT2D eigenvalue weighted by molar-refractivity contribution is 6.31. The van der Waals surface area contributed by atoms with E-state index >= 15 is 0 Å². The molecule has 1 aromatic carbocycles. The number of hydrogen-bond acceptors (Lipinski definition) is 3. The third kappa shape index (κ3) is 1.95. The Morgan fingerprint density at radius 1 is 1.19 bits per heavy atom. The van der Waals surface area contributed by atoms with Gasteiger partial charge in [-0.2, -0.15) is 0 Å². The van der Waals surface area contributed by atoms with Crippen LogP contribution in [0.5, 0.6) is 0 Å². The lowest BCUT2D eigenvalue weighted by molar-refractivity contribution is 0.849. The Morgan fingerprint density at radius 3 is 2.62 bits per heavy atom. The normalized spacial score (nSPS) is 10.7. The lowest BCUT2D eigenvalue weighted by atomic mass is 10.2. The summed E-state index contributed by atoms with van der Waals surface area (Å²) in [5.74, 6) is 0.978. The van der Waals surface area contributed by atoms with Gasteiger partial charge >= 0.3 is 0 Å². The number of halogens is 1. The Balaban J connectivity index is 2.61. The van der Waals surface area contributed by atoms with Gasteiger partial charge in [-0.3, -0.25) is 0 Å². The predicted molar refractivity (Wildman–Crippen MR) is 68.1 cm³/mol. The molecule has 1 heterocycles.